The molecule has 1 aliphatic heterocycles. The first kappa shape index (κ1) is 18.5. The highest BCUT2D eigenvalue weighted by Gasteiger charge is 2.36. The van der Waals surface area contributed by atoms with Crippen LogP contribution in [0.1, 0.15) is 25.0 Å². The van der Waals surface area contributed by atoms with Gasteiger partial charge in [0.05, 0.1) is 11.4 Å². The van der Waals surface area contributed by atoms with Crippen LogP contribution in [0, 0.1) is 0 Å². The number of nitrogens with zero attached hydrogens (tertiary/aromatic N) is 2. The van der Waals surface area contributed by atoms with E-state index in [0.717, 1.165) is 39.6 Å². The van der Waals surface area contributed by atoms with Crippen molar-refractivity contribution in [2.24, 2.45) is 0 Å². The van der Waals surface area contributed by atoms with E-state index in [9.17, 15) is 5.21 Å². The van der Waals surface area contributed by atoms with E-state index in [1.165, 1.54) is 5.06 Å². The minimum atomic E-state index is -0.236. The minimum Gasteiger partial charge on any atom is -0.310 e. The molecule has 5 rings (SSSR count). The molecule has 0 radical (unpaired) electrons. The van der Waals surface area contributed by atoms with Gasteiger partial charge in [0.15, 0.2) is 0 Å². The van der Waals surface area contributed by atoms with Crippen LogP contribution in [0.4, 0.5) is 28.4 Å². The molecule has 1 aliphatic rings. The van der Waals surface area contributed by atoms with E-state index < -0.39 is 0 Å². The van der Waals surface area contributed by atoms with Gasteiger partial charge in [0.1, 0.15) is 0 Å². The maximum atomic E-state index is 10.9. The SMILES string of the molecule is CC1(C)c2ccccc2N(O)c2ccc(N(c3ccccc3)c3ccccc3)cc21. The lowest BCUT2D eigenvalue weighted by Gasteiger charge is -2.39. The van der Waals surface area contributed by atoms with Crippen molar-refractivity contribution in [1.82, 2.24) is 0 Å². The van der Waals surface area contributed by atoms with Crippen molar-refractivity contribution in [3.8, 4) is 0 Å². The van der Waals surface area contributed by atoms with Crippen molar-refractivity contribution in [2.45, 2.75) is 19.3 Å². The van der Waals surface area contributed by atoms with Crippen LogP contribution in [0.3, 0.4) is 0 Å². The van der Waals surface area contributed by atoms with E-state index in [1.807, 2.05) is 36.4 Å². The summed E-state index contributed by atoms with van der Waals surface area (Å²) < 4.78 is 0. The minimum absolute atomic E-state index is 0.236. The number of hydrogen-bond donors (Lipinski definition) is 1. The van der Waals surface area contributed by atoms with Gasteiger partial charge < -0.3 is 4.90 Å². The molecule has 4 aromatic carbocycles. The Kier molecular flexibility index (Phi) is 4.34. The highest BCUT2D eigenvalue weighted by atomic mass is 16.5. The Bertz CT molecular complexity index is 1150. The summed E-state index contributed by atoms with van der Waals surface area (Å²) in [6.45, 7) is 4.44. The van der Waals surface area contributed by atoms with Crippen LogP contribution >= 0.6 is 0 Å². The van der Waals surface area contributed by atoms with Crippen molar-refractivity contribution in [1.29, 1.82) is 0 Å². The van der Waals surface area contributed by atoms with Gasteiger partial charge in [-0.2, -0.15) is 0 Å². The second-order valence-corrected chi connectivity index (χ2v) is 8.16. The molecule has 3 heteroatoms. The van der Waals surface area contributed by atoms with Gasteiger partial charge in [-0.1, -0.05) is 68.4 Å². The predicted molar refractivity (Wildman–Crippen MR) is 124 cm³/mol. The fourth-order valence-electron chi connectivity index (χ4n) is 4.41. The summed E-state index contributed by atoms with van der Waals surface area (Å²) >= 11 is 0. The highest BCUT2D eigenvalue weighted by molar-refractivity contribution is 5.82. The van der Waals surface area contributed by atoms with Crippen LogP contribution in [0.5, 0.6) is 0 Å². The zero-order chi connectivity index (χ0) is 20.7. The summed E-state index contributed by atoms with van der Waals surface area (Å²) in [4.78, 5) is 2.25. The lowest BCUT2D eigenvalue weighted by molar-refractivity contribution is 0.293. The van der Waals surface area contributed by atoms with Gasteiger partial charge in [-0.3, -0.25) is 5.21 Å². The van der Waals surface area contributed by atoms with Crippen molar-refractivity contribution in [3.63, 3.8) is 0 Å². The van der Waals surface area contributed by atoms with E-state index >= 15 is 0 Å². The van der Waals surface area contributed by atoms with Crippen molar-refractivity contribution in [3.05, 3.63) is 114 Å². The lowest BCUT2D eigenvalue weighted by atomic mass is 9.74. The summed E-state index contributed by atoms with van der Waals surface area (Å²) in [5, 5.41) is 12.2. The molecule has 0 saturated carbocycles. The smallest absolute Gasteiger partial charge is 0.0735 e. The molecule has 0 amide bonds. The van der Waals surface area contributed by atoms with Crippen LogP contribution in [-0.2, 0) is 5.41 Å². The largest absolute Gasteiger partial charge is 0.310 e. The Morgan fingerprint density at radius 3 is 1.77 bits per heavy atom. The molecule has 0 spiro atoms. The summed E-state index contributed by atoms with van der Waals surface area (Å²) in [6.07, 6.45) is 0. The Morgan fingerprint density at radius 2 is 1.13 bits per heavy atom. The molecule has 30 heavy (non-hydrogen) atoms. The zero-order valence-electron chi connectivity index (χ0n) is 17.2. The third-order valence-electron chi connectivity index (χ3n) is 5.97. The number of anilines is 5. The molecular formula is C27H24N2O. The van der Waals surface area contributed by atoms with Gasteiger partial charge in [-0.05, 0) is 59.7 Å². The topological polar surface area (TPSA) is 26.7 Å². The molecular weight excluding hydrogens is 368 g/mol. The number of rotatable bonds is 3. The molecule has 1 heterocycles. The molecule has 0 saturated heterocycles. The van der Waals surface area contributed by atoms with Gasteiger partial charge >= 0.3 is 0 Å². The van der Waals surface area contributed by atoms with Gasteiger partial charge in [-0.25, -0.2) is 5.06 Å². The fraction of sp³-hybridized carbons (Fsp3) is 0.111. The second kappa shape index (κ2) is 7.05. The normalized spacial score (nSPS) is 14.0. The lowest BCUT2D eigenvalue weighted by Crippen LogP contribution is -2.31. The zero-order valence-corrected chi connectivity index (χ0v) is 17.2. The number of benzene rings is 4. The van der Waals surface area contributed by atoms with E-state index in [0.29, 0.717) is 0 Å². The van der Waals surface area contributed by atoms with E-state index in [1.54, 1.807) is 0 Å². The molecule has 0 fully saturated rings. The molecule has 0 aromatic heterocycles. The highest BCUT2D eigenvalue weighted by Crippen LogP contribution is 2.49. The first-order valence-electron chi connectivity index (χ1n) is 10.2. The molecule has 1 N–H and O–H groups in total. The quantitative estimate of drug-likeness (QED) is 0.395. The summed E-state index contributed by atoms with van der Waals surface area (Å²) in [5.74, 6) is 0. The second-order valence-electron chi connectivity index (χ2n) is 8.16. The summed E-state index contributed by atoms with van der Waals surface area (Å²) in [6, 6.07) is 35.1. The maximum Gasteiger partial charge on any atom is 0.0735 e. The average Bonchev–Trinajstić information content (AvgIpc) is 2.79. The standard InChI is InChI=1S/C27H24N2O/c1-27(2)23-15-9-10-16-25(23)29(30)26-18-17-22(19-24(26)27)28(20-11-5-3-6-12-20)21-13-7-4-8-14-21/h3-19,30H,1-2H3. The van der Waals surface area contributed by atoms with Crippen LogP contribution in [-0.4, -0.2) is 5.21 Å². The fourth-order valence-corrected chi connectivity index (χ4v) is 4.41. The predicted octanol–water partition coefficient (Wildman–Crippen LogP) is 7.32. The first-order chi connectivity index (χ1) is 14.6. The van der Waals surface area contributed by atoms with Crippen LogP contribution in [0.25, 0.3) is 0 Å². The van der Waals surface area contributed by atoms with Gasteiger partial charge in [0.2, 0.25) is 0 Å². The Balaban J connectivity index is 1.70. The Labute approximate surface area is 177 Å². The van der Waals surface area contributed by atoms with Crippen molar-refractivity contribution in [2.75, 3.05) is 9.96 Å². The molecule has 148 valence electrons. The third kappa shape index (κ3) is 2.87. The number of fused-ring (bicyclic) bond motifs is 2. The molecule has 4 aromatic rings. The molecule has 0 atom stereocenters. The van der Waals surface area contributed by atoms with E-state index in [2.05, 4.69) is 85.5 Å². The van der Waals surface area contributed by atoms with Crippen LogP contribution in [0.15, 0.2) is 103 Å². The van der Waals surface area contributed by atoms with Crippen LogP contribution < -0.4 is 9.96 Å². The van der Waals surface area contributed by atoms with Gasteiger partial charge in [0, 0.05) is 22.5 Å². The van der Waals surface area contributed by atoms with Crippen molar-refractivity contribution >= 4 is 28.4 Å². The molecule has 3 nitrogen and oxygen atoms in total. The molecule has 0 unspecified atom stereocenters. The molecule has 0 bridgehead atoms. The number of para-hydroxylation sites is 3. The van der Waals surface area contributed by atoms with Gasteiger partial charge in [0.25, 0.3) is 0 Å². The maximum absolute atomic E-state index is 10.9. The number of hydrogen-bond acceptors (Lipinski definition) is 3. The summed E-state index contributed by atoms with van der Waals surface area (Å²) in [5.41, 5.74) is 6.89. The monoisotopic (exact) mass is 392 g/mol. The average molecular weight is 393 g/mol. The summed E-state index contributed by atoms with van der Waals surface area (Å²) in [7, 11) is 0. The first-order valence-corrected chi connectivity index (χ1v) is 10.2. The Hall–Kier alpha value is -3.56. The Morgan fingerprint density at radius 1 is 0.600 bits per heavy atom. The van der Waals surface area contributed by atoms with Crippen LogP contribution in [0.2, 0.25) is 0 Å². The van der Waals surface area contributed by atoms with E-state index in [4.69, 9.17) is 0 Å². The van der Waals surface area contributed by atoms with E-state index in [-0.39, 0.29) is 5.41 Å². The third-order valence-corrected chi connectivity index (χ3v) is 5.97. The van der Waals surface area contributed by atoms with Crippen molar-refractivity contribution < 1.29 is 5.21 Å². The molecule has 0 aliphatic carbocycles. The van der Waals surface area contributed by atoms with Gasteiger partial charge in [-0.15, -0.1) is 0 Å².